The normalized spacial score (nSPS) is 11.1. The molecule has 0 fully saturated rings. The highest BCUT2D eigenvalue weighted by atomic mass is 16.1. The van der Waals surface area contributed by atoms with Gasteiger partial charge in [-0.05, 0) is 37.3 Å². The van der Waals surface area contributed by atoms with Crippen molar-refractivity contribution < 1.29 is 0 Å². The Kier molecular flexibility index (Phi) is 5.40. The number of aryl methyl sites for hydroxylation is 1. The maximum absolute atomic E-state index is 12.3. The van der Waals surface area contributed by atoms with Crippen molar-refractivity contribution in [1.82, 2.24) is 4.98 Å². The number of para-hydroxylation sites is 1. The summed E-state index contributed by atoms with van der Waals surface area (Å²) in [5.74, 6) is 0. The number of hydrogen-bond donors (Lipinski definition) is 1. The van der Waals surface area contributed by atoms with E-state index < -0.39 is 0 Å². The molecule has 0 bridgehead atoms. The standard InChI is InChI=1S/C18H25NO/c1-3-5-7-11-14-15-12-8-9-13-17(15)19-18(20)16(14)10-6-4-2/h8-9,12-13H,3-7,10-11H2,1-2H3,(H,19,20). The predicted octanol–water partition coefficient (Wildman–Crippen LogP) is 4.60. The fraction of sp³-hybridized carbons (Fsp3) is 0.500. The topological polar surface area (TPSA) is 32.9 Å². The maximum Gasteiger partial charge on any atom is 0.251 e. The van der Waals surface area contributed by atoms with Crippen LogP contribution in [0, 0.1) is 0 Å². The first-order valence-electron chi connectivity index (χ1n) is 7.90. The molecule has 0 saturated heterocycles. The second kappa shape index (κ2) is 7.28. The van der Waals surface area contributed by atoms with Gasteiger partial charge in [0.05, 0.1) is 0 Å². The fourth-order valence-electron chi connectivity index (χ4n) is 2.81. The van der Waals surface area contributed by atoms with Crippen molar-refractivity contribution in [2.24, 2.45) is 0 Å². The van der Waals surface area contributed by atoms with Crippen LogP contribution in [0.5, 0.6) is 0 Å². The molecule has 108 valence electrons. The number of aromatic amines is 1. The van der Waals surface area contributed by atoms with Gasteiger partial charge in [-0.2, -0.15) is 0 Å². The van der Waals surface area contributed by atoms with Crippen molar-refractivity contribution in [2.45, 2.75) is 58.8 Å². The Morgan fingerprint density at radius 3 is 2.35 bits per heavy atom. The van der Waals surface area contributed by atoms with E-state index in [2.05, 4.69) is 31.0 Å². The number of pyridine rings is 1. The lowest BCUT2D eigenvalue weighted by atomic mass is 9.95. The largest absolute Gasteiger partial charge is 0.322 e. The second-order valence-corrected chi connectivity index (χ2v) is 5.52. The molecule has 1 N–H and O–H groups in total. The molecule has 0 spiro atoms. The molecule has 2 aromatic rings. The van der Waals surface area contributed by atoms with Gasteiger partial charge in [0.2, 0.25) is 0 Å². The van der Waals surface area contributed by atoms with Gasteiger partial charge in [-0.1, -0.05) is 51.3 Å². The summed E-state index contributed by atoms with van der Waals surface area (Å²) in [5.41, 5.74) is 3.39. The summed E-state index contributed by atoms with van der Waals surface area (Å²) >= 11 is 0. The first kappa shape index (κ1) is 14.8. The van der Waals surface area contributed by atoms with E-state index in [9.17, 15) is 4.79 Å². The van der Waals surface area contributed by atoms with Gasteiger partial charge in [0.25, 0.3) is 5.56 Å². The first-order valence-corrected chi connectivity index (χ1v) is 7.90. The van der Waals surface area contributed by atoms with Gasteiger partial charge in [-0.3, -0.25) is 4.79 Å². The Balaban J connectivity index is 2.47. The summed E-state index contributed by atoms with van der Waals surface area (Å²) in [6, 6.07) is 8.19. The zero-order valence-corrected chi connectivity index (χ0v) is 12.7. The van der Waals surface area contributed by atoms with E-state index in [1.807, 2.05) is 12.1 Å². The molecule has 2 heteroatoms. The minimum absolute atomic E-state index is 0.114. The quantitative estimate of drug-likeness (QED) is 0.733. The summed E-state index contributed by atoms with van der Waals surface area (Å²) < 4.78 is 0. The van der Waals surface area contributed by atoms with Gasteiger partial charge in [-0.25, -0.2) is 0 Å². The van der Waals surface area contributed by atoms with Crippen molar-refractivity contribution >= 4 is 10.9 Å². The third kappa shape index (κ3) is 3.30. The van der Waals surface area contributed by atoms with Crippen molar-refractivity contribution in [1.29, 1.82) is 0 Å². The lowest BCUT2D eigenvalue weighted by Gasteiger charge is -2.12. The van der Waals surface area contributed by atoms with Crippen LogP contribution in [0.15, 0.2) is 29.1 Å². The van der Waals surface area contributed by atoms with Gasteiger partial charge < -0.3 is 4.98 Å². The van der Waals surface area contributed by atoms with Crippen molar-refractivity contribution in [2.75, 3.05) is 0 Å². The minimum Gasteiger partial charge on any atom is -0.322 e. The molecular weight excluding hydrogens is 246 g/mol. The monoisotopic (exact) mass is 271 g/mol. The SMILES string of the molecule is CCCCCc1c(CCCC)c(=O)[nH]c2ccccc12. The lowest BCUT2D eigenvalue weighted by Crippen LogP contribution is -2.16. The molecule has 1 heterocycles. The molecule has 0 unspecified atom stereocenters. The summed E-state index contributed by atoms with van der Waals surface area (Å²) in [6.45, 7) is 4.39. The molecule has 0 amide bonds. The van der Waals surface area contributed by atoms with Crippen LogP contribution < -0.4 is 5.56 Å². The Morgan fingerprint density at radius 1 is 0.900 bits per heavy atom. The lowest BCUT2D eigenvalue weighted by molar-refractivity contribution is 0.708. The molecule has 0 radical (unpaired) electrons. The number of aromatic nitrogens is 1. The predicted molar refractivity (Wildman–Crippen MR) is 86.4 cm³/mol. The first-order chi connectivity index (χ1) is 9.77. The molecular formula is C18H25NO. The molecule has 0 aliphatic rings. The highest BCUT2D eigenvalue weighted by Crippen LogP contribution is 2.21. The third-order valence-corrected chi connectivity index (χ3v) is 3.95. The average molecular weight is 271 g/mol. The van der Waals surface area contributed by atoms with Gasteiger partial charge >= 0.3 is 0 Å². The van der Waals surface area contributed by atoms with Crippen molar-refractivity contribution in [3.63, 3.8) is 0 Å². The van der Waals surface area contributed by atoms with Gasteiger partial charge in [-0.15, -0.1) is 0 Å². The molecule has 1 aromatic heterocycles. The Bertz CT molecular complexity index is 612. The average Bonchev–Trinajstić information content (AvgIpc) is 2.46. The van der Waals surface area contributed by atoms with Crippen LogP contribution in [0.3, 0.4) is 0 Å². The zero-order chi connectivity index (χ0) is 14.4. The van der Waals surface area contributed by atoms with E-state index in [-0.39, 0.29) is 5.56 Å². The van der Waals surface area contributed by atoms with E-state index in [1.165, 1.54) is 30.2 Å². The van der Waals surface area contributed by atoms with Crippen LogP contribution in [-0.2, 0) is 12.8 Å². The number of benzene rings is 1. The Labute approximate surface area is 121 Å². The number of H-pyrrole nitrogens is 1. The Morgan fingerprint density at radius 2 is 1.60 bits per heavy atom. The zero-order valence-electron chi connectivity index (χ0n) is 12.7. The van der Waals surface area contributed by atoms with E-state index >= 15 is 0 Å². The third-order valence-electron chi connectivity index (χ3n) is 3.95. The molecule has 0 aliphatic heterocycles. The molecule has 1 aromatic carbocycles. The smallest absolute Gasteiger partial charge is 0.251 e. The van der Waals surface area contributed by atoms with Crippen LogP contribution >= 0.6 is 0 Å². The summed E-state index contributed by atoms with van der Waals surface area (Å²) in [4.78, 5) is 15.4. The van der Waals surface area contributed by atoms with Crippen molar-refractivity contribution in [3.8, 4) is 0 Å². The van der Waals surface area contributed by atoms with Crippen LogP contribution in [0.2, 0.25) is 0 Å². The molecule has 2 rings (SSSR count). The van der Waals surface area contributed by atoms with E-state index in [4.69, 9.17) is 0 Å². The highest BCUT2D eigenvalue weighted by Gasteiger charge is 2.11. The summed E-state index contributed by atoms with van der Waals surface area (Å²) in [7, 11) is 0. The molecule has 0 saturated carbocycles. The number of nitrogens with one attached hydrogen (secondary N) is 1. The number of unbranched alkanes of at least 4 members (excludes halogenated alkanes) is 3. The highest BCUT2D eigenvalue weighted by molar-refractivity contribution is 5.83. The molecule has 0 aliphatic carbocycles. The number of rotatable bonds is 7. The second-order valence-electron chi connectivity index (χ2n) is 5.52. The number of fused-ring (bicyclic) bond motifs is 1. The van der Waals surface area contributed by atoms with Crippen LogP contribution in [0.25, 0.3) is 10.9 Å². The molecule has 0 atom stereocenters. The van der Waals surface area contributed by atoms with Crippen LogP contribution in [-0.4, -0.2) is 4.98 Å². The number of hydrogen-bond acceptors (Lipinski definition) is 1. The van der Waals surface area contributed by atoms with E-state index in [0.29, 0.717) is 0 Å². The van der Waals surface area contributed by atoms with Gasteiger partial charge in [0.1, 0.15) is 0 Å². The Hall–Kier alpha value is -1.57. The minimum atomic E-state index is 0.114. The van der Waals surface area contributed by atoms with Crippen molar-refractivity contribution in [3.05, 3.63) is 45.7 Å². The van der Waals surface area contributed by atoms with Crippen LogP contribution in [0.4, 0.5) is 0 Å². The van der Waals surface area contributed by atoms with E-state index in [0.717, 1.165) is 36.8 Å². The van der Waals surface area contributed by atoms with E-state index in [1.54, 1.807) is 0 Å². The summed E-state index contributed by atoms with van der Waals surface area (Å²) in [6.07, 6.45) is 7.75. The van der Waals surface area contributed by atoms with Gasteiger partial charge in [0, 0.05) is 16.5 Å². The summed E-state index contributed by atoms with van der Waals surface area (Å²) in [5, 5.41) is 1.23. The van der Waals surface area contributed by atoms with Gasteiger partial charge in [0.15, 0.2) is 0 Å². The maximum atomic E-state index is 12.3. The molecule has 20 heavy (non-hydrogen) atoms. The fourth-order valence-corrected chi connectivity index (χ4v) is 2.81. The van der Waals surface area contributed by atoms with Crippen LogP contribution in [0.1, 0.15) is 57.1 Å². The molecule has 2 nitrogen and oxygen atoms in total.